The summed E-state index contributed by atoms with van der Waals surface area (Å²) in [5, 5.41) is 0.701. The number of carbonyl (C=O) groups excluding carboxylic acids is 1. The maximum atomic E-state index is 14.0. The van der Waals surface area contributed by atoms with Crippen LogP contribution in [0.4, 0.5) is 5.69 Å². The van der Waals surface area contributed by atoms with Gasteiger partial charge in [0.1, 0.15) is 5.75 Å². The van der Waals surface area contributed by atoms with Crippen molar-refractivity contribution in [1.29, 1.82) is 0 Å². The van der Waals surface area contributed by atoms with Crippen molar-refractivity contribution in [1.82, 2.24) is 9.97 Å². The topological polar surface area (TPSA) is 73.8 Å². The zero-order valence-electron chi connectivity index (χ0n) is 17.2. The zero-order valence-corrected chi connectivity index (χ0v) is 18.0. The second-order valence-corrected chi connectivity index (χ2v) is 8.78. The Kier molecular flexibility index (Phi) is 4.95. The van der Waals surface area contributed by atoms with Crippen LogP contribution in [0.5, 0.6) is 5.75 Å². The molecule has 8 heteroatoms. The number of nitrogens with zero attached hydrogens (tertiary/aromatic N) is 3. The molecule has 3 heterocycles. The van der Waals surface area contributed by atoms with E-state index in [0.29, 0.717) is 50.6 Å². The average Bonchev–Trinajstić information content (AvgIpc) is 3.26. The summed E-state index contributed by atoms with van der Waals surface area (Å²) in [5.41, 5.74) is 2.06. The third-order valence-corrected chi connectivity index (χ3v) is 7.09. The first-order valence-electron chi connectivity index (χ1n) is 10.2. The summed E-state index contributed by atoms with van der Waals surface area (Å²) in [6.07, 6.45) is 6.51. The molecular formula is C22H25N3O4S. The van der Waals surface area contributed by atoms with Gasteiger partial charge in [-0.3, -0.25) is 4.79 Å². The van der Waals surface area contributed by atoms with Gasteiger partial charge in [-0.05, 0) is 43.4 Å². The van der Waals surface area contributed by atoms with Crippen molar-refractivity contribution in [3.05, 3.63) is 41.7 Å². The fraction of sp³-hybridized carbons (Fsp3) is 0.500. The lowest BCUT2D eigenvalue weighted by molar-refractivity contribution is -0.186. The molecule has 0 atom stereocenters. The number of thioether (sulfide) groups is 1. The summed E-state index contributed by atoms with van der Waals surface area (Å²) in [7, 11) is 1.64. The van der Waals surface area contributed by atoms with E-state index in [1.807, 2.05) is 41.6 Å². The third-order valence-electron chi connectivity index (χ3n) is 6.52. The Labute approximate surface area is 180 Å². The van der Waals surface area contributed by atoms with Gasteiger partial charge in [-0.25, -0.2) is 9.97 Å². The van der Waals surface area contributed by atoms with E-state index in [0.717, 1.165) is 22.7 Å². The highest BCUT2D eigenvalue weighted by molar-refractivity contribution is 7.98. The SMILES string of the molecule is COc1ccc(N2Cc3cnc(SC)nc3C3(CCC4(CC3)OCCO4)C2=O)cc1. The molecule has 2 aromatic rings. The van der Waals surface area contributed by atoms with Gasteiger partial charge in [0, 0.05) is 30.3 Å². The molecule has 1 saturated carbocycles. The van der Waals surface area contributed by atoms with E-state index >= 15 is 0 Å². The highest BCUT2D eigenvalue weighted by Gasteiger charge is 2.55. The van der Waals surface area contributed by atoms with E-state index in [4.69, 9.17) is 19.2 Å². The van der Waals surface area contributed by atoms with Gasteiger partial charge in [0.25, 0.3) is 0 Å². The number of aromatic nitrogens is 2. The number of anilines is 1. The van der Waals surface area contributed by atoms with Crippen molar-refractivity contribution < 1.29 is 19.0 Å². The normalized spacial score (nSPS) is 21.8. The van der Waals surface area contributed by atoms with Gasteiger partial charge in [-0.2, -0.15) is 0 Å². The van der Waals surface area contributed by atoms with Crippen LogP contribution in [0.2, 0.25) is 0 Å². The first-order chi connectivity index (χ1) is 14.6. The van der Waals surface area contributed by atoms with E-state index < -0.39 is 11.2 Å². The molecule has 1 amide bonds. The molecule has 1 aromatic carbocycles. The summed E-state index contributed by atoms with van der Waals surface area (Å²) >= 11 is 1.50. The van der Waals surface area contributed by atoms with Crippen LogP contribution in [0.25, 0.3) is 0 Å². The molecule has 0 radical (unpaired) electrons. The van der Waals surface area contributed by atoms with Crippen LogP contribution in [0.3, 0.4) is 0 Å². The maximum Gasteiger partial charge on any atom is 0.239 e. The minimum Gasteiger partial charge on any atom is -0.497 e. The molecule has 2 spiro atoms. The molecular weight excluding hydrogens is 402 g/mol. The lowest BCUT2D eigenvalue weighted by Gasteiger charge is -2.47. The predicted molar refractivity (Wildman–Crippen MR) is 113 cm³/mol. The Balaban J connectivity index is 1.55. The van der Waals surface area contributed by atoms with Crippen LogP contribution in [-0.2, 0) is 26.2 Å². The predicted octanol–water partition coefficient (Wildman–Crippen LogP) is 3.31. The van der Waals surface area contributed by atoms with Gasteiger partial charge < -0.3 is 19.1 Å². The Hall–Kier alpha value is -2.16. The van der Waals surface area contributed by atoms with Crippen molar-refractivity contribution in [2.75, 3.05) is 31.5 Å². The molecule has 158 valence electrons. The lowest BCUT2D eigenvalue weighted by Crippen LogP contribution is -2.55. The van der Waals surface area contributed by atoms with Crippen molar-refractivity contribution in [3.8, 4) is 5.75 Å². The standard InChI is InChI=1S/C22H25N3O4S/c1-27-17-5-3-16(4-6-17)25-14-15-13-23-20(30-2)24-18(15)21(19(25)26)7-9-22(10-8-21)28-11-12-29-22/h3-6,13H,7-12,14H2,1-2H3. The number of methoxy groups -OCH3 is 1. The molecule has 1 aromatic heterocycles. The van der Waals surface area contributed by atoms with Gasteiger partial charge in [-0.1, -0.05) is 11.8 Å². The van der Waals surface area contributed by atoms with Gasteiger partial charge in [0.15, 0.2) is 10.9 Å². The van der Waals surface area contributed by atoms with E-state index in [9.17, 15) is 4.79 Å². The highest BCUT2D eigenvalue weighted by atomic mass is 32.2. The summed E-state index contributed by atoms with van der Waals surface area (Å²) in [6.45, 7) is 1.71. The number of benzene rings is 1. The van der Waals surface area contributed by atoms with Gasteiger partial charge in [0.2, 0.25) is 5.91 Å². The lowest BCUT2D eigenvalue weighted by atomic mass is 9.66. The number of rotatable bonds is 3. The van der Waals surface area contributed by atoms with Crippen LogP contribution >= 0.6 is 11.8 Å². The summed E-state index contributed by atoms with van der Waals surface area (Å²) in [6, 6.07) is 7.63. The highest BCUT2D eigenvalue weighted by Crippen LogP contribution is 2.50. The van der Waals surface area contributed by atoms with Crippen molar-refractivity contribution in [2.45, 2.75) is 48.6 Å². The Bertz CT molecular complexity index is 949. The van der Waals surface area contributed by atoms with E-state index in [1.165, 1.54) is 11.8 Å². The molecule has 0 unspecified atom stereocenters. The van der Waals surface area contributed by atoms with Crippen LogP contribution in [-0.4, -0.2) is 48.2 Å². The maximum absolute atomic E-state index is 14.0. The van der Waals surface area contributed by atoms with Crippen LogP contribution in [0.15, 0.2) is 35.6 Å². The van der Waals surface area contributed by atoms with E-state index in [2.05, 4.69) is 4.98 Å². The fourth-order valence-electron chi connectivity index (χ4n) is 4.89. The van der Waals surface area contributed by atoms with E-state index in [1.54, 1.807) is 7.11 Å². The molecule has 30 heavy (non-hydrogen) atoms. The number of hydrogen-bond acceptors (Lipinski definition) is 7. The summed E-state index contributed by atoms with van der Waals surface area (Å²) in [5.74, 6) is 0.323. The van der Waals surface area contributed by atoms with Crippen LogP contribution < -0.4 is 9.64 Å². The number of hydrogen-bond donors (Lipinski definition) is 0. The molecule has 2 aliphatic heterocycles. The number of amides is 1. The number of ether oxygens (including phenoxy) is 3. The van der Waals surface area contributed by atoms with Crippen molar-refractivity contribution >= 4 is 23.4 Å². The second-order valence-electron chi connectivity index (χ2n) is 8.01. The van der Waals surface area contributed by atoms with Crippen LogP contribution in [0.1, 0.15) is 36.9 Å². The van der Waals surface area contributed by atoms with Gasteiger partial charge >= 0.3 is 0 Å². The van der Waals surface area contributed by atoms with Crippen molar-refractivity contribution in [2.24, 2.45) is 0 Å². The Morgan fingerprint density at radius 2 is 1.80 bits per heavy atom. The minimum atomic E-state index is -0.679. The smallest absolute Gasteiger partial charge is 0.239 e. The first-order valence-corrected chi connectivity index (χ1v) is 11.5. The van der Waals surface area contributed by atoms with Crippen LogP contribution in [0, 0.1) is 0 Å². The molecule has 2 fully saturated rings. The first kappa shape index (κ1) is 19.8. The van der Waals surface area contributed by atoms with Gasteiger partial charge in [0.05, 0.1) is 38.0 Å². The second kappa shape index (κ2) is 7.51. The largest absolute Gasteiger partial charge is 0.497 e. The quantitative estimate of drug-likeness (QED) is 0.550. The summed E-state index contributed by atoms with van der Waals surface area (Å²) < 4.78 is 17.1. The van der Waals surface area contributed by atoms with Crippen molar-refractivity contribution in [3.63, 3.8) is 0 Å². The zero-order chi connectivity index (χ0) is 20.8. The molecule has 1 aliphatic carbocycles. The minimum absolute atomic E-state index is 0.0961. The molecule has 0 bridgehead atoms. The van der Waals surface area contributed by atoms with Gasteiger partial charge in [-0.15, -0.1) is 0 Å². The molecule has 1 saturated heterocycles. The molecule has 0 N–H and O–H groups in total. The third kappa shape index (κ3) is 3.09. The fourth-order valence-corrected chi connectivity index (χ4v) is 5.23. The van der Waals surface area contributed by atoms with E-state index in [-0.39, 0.29) is 5.91 Å². The molecule has 3 aliphatic rings. The summed E-state index contributed by atoms with van der Waals surface area (Å²) in [4.78, 5) is 25.1. The molecule has 5 rings (SSSR count). The average molecular weight is 428 g/mol. The Morgan fingerprint density at radius 3 is 2.43 bits per heavy atom. The Morgan fingerprint density at radius 1 is 1.10 bits per heavy atom. The molecule has 7 nitrogen and oxygen atoms in total. The monoisotopic (exact) mass is 427 g/mol. The number of carbonyl (C=O) groups is 1. The number of fused-ring (bicyclic) bond motifs is 2.